The Hall–Kier alpha value is -1.35. The van der Waals surface area contributed by atoms with E-state index < -0.39 is 0 Å². The maximum absolute atomic E-state index is 5.63. The number of pyridine rings is 1. The largest absolute Gasteiger partial charge is 0.384 e. The first-order valence-corrected chi connectivity index (χ1v) is 5.03. The molecule has 0 atom stereocenters. The van der Waals surface area contributed by atoms with Crippen LogP contribution in [0.4, 0.5) is 5.82 Å². The van der Waals surface area contributed by atoms with Crippen LogP contribution in [-0.4, -0.2) is 4.98 Å². The summed E-state index contributed by atoms with van der Waals surface area (Å²) >= 11 is 3.45. The Morgan fingerprint density at radius 1 is 1.14 bits per heavy atom. The third kappa shape index (κ3) is 1.77. The highest BCUT2D eigenvalue weighted by Crippen LogP contribution is 2.28. The number of nitrogens with zero attached hydrogens (tertiary/aromatic N) is 1. The highest BCUT2D eigenvalue weighted by atomic mass is 79.9. The Bertz CT molecular complexity index is 440. The molecule has 70 valence electrons. The Kier molecular flexibility index (Phi) is 2.50. The van der Waals surface area contributed by atoms with Crippen molar-refractivity contribution < 1.29 is 0 Å². The van der Waals surface area contributed by atoms with Crippen LogP contribution in [0, 0.1) is 0 Å². The molecule has 2 nitrogen and oxygen atoms in total. The number of hydrogen-bond donors (Lipinski definition) is 1. The summed E-state index contributed by atoms with van der Waals surface area (Å²) in [5, 5.41) is 0. The predicted octanol–water partition coefficient (Wildman–Crippen LogP) is 3.09. The van der Waals surface area contributed by atoms with Crippen LogP contribution in [0.25, 0.3) is 11.1 Å². The maximum Gasteiger partial charge on any atom is 0.123 e. The summed E-state index contributed by atoms with van der Waals surface area (Å²) in [6.45, 7) is 0. The Morgan fingerprint density at radius 2 is 1.86 bits per heavy atom. The number of aromatic nitrogens is 1. The molecular weight excluding hydrogens is 240 g/mol. The van der Waals surface area contributed by atoms with Gasteiger partial charge in [-0.2, -0.15) is 0 Å². The van der Waals surface area contributed by atoms with Gasteiger partial charge in [-0.05, 0) is 27.6 Å². The lowest BCUT2D eigenvalue weighted by molar-refractivity contribution is 1.32. The number of hydrogen-bond acceptors (Lipinski definition) is 2. The van der Waals surface area contributed by atoms with Crippen molar-refractivity contribution in [3.63, 3.8) is 0 Å². The van der Waals surface area contributed by atoms with Crippen LogP contribution in [0.3, 0.4) is 0 Å². The van der Waals surface area contributed by atoms with Gasteiger partial charge in [0.2, 0.25) is 0 Å². The summed E-state index contributed by atoms with van der Waals surface area (Å²) in [5.41, 5.74) is 7.83. The quantitative estimate of drug-likeness (QED) is 0.843. The lowest BCUT2D eigenvalue weighted by atomic mass is 10.1. The maximum atomic E-state index is 5.63. The van der Waals surface area contributed by atoms with Gasteiger partial charge < -0.3 is 5.73 Å². The SMILES string of the molecule is Nc1cc(-c2ccccc2)c(Br)cn1. The standard InChI is InChI=1S/C11H9BrN2/c12-10-7-14-11(13)6-9(10)8-4-2-1-3-5-8/h1-7H,(H2,13,14). The second-order valence-electron chi connectivity index (χ2n) is 2.96. The fourth-order valence-corrected chi connectivity index (χ4v) is 1.74. The molecule has 14 heavy (non-hydrogen) atoms. The molecule has 0 radical (unpaired) electrons. The smallest absolute Gasteiger partial charge is 0.123 e. The number of rotatable bonds is 1. The minimum absolute atomic E-state index is 0.534. The minimum Gasteiger partial charge on any atom is -0.384 e. The first kappa shape index (κ1) is 9.21. The van der Waals surface area contributed by atoms with Crippen LogP contribution < -0.4 is 5.73 Å². The van der Waals surface area contributed by atoms with E-state index in [1.807, 2.05) is 36.4 Å². The van der Waals surface area contributed by atoms with E-state index >= 15 is 0 Å². The second kappa shape index (κ2) is 3.80. The lowest BCUT2D eigenvalue weighted by Gasteiger charge is -2.04. The molecule has 0 fully saturated rings. The molecule has 3 heteroatoms. The normalized spacial score (nSPS) is 10.1. The monoisotopic (exact) mass is 248 g/mol. The van der Waals surface area contributed by atoms with Crippen molar-refractivity contribution in [1.82, 2.24) is 4.98 Å². The van der Waals surface area contributed by atoms with Gasteiger partial charge >= 0.3 is 0 Å². The van der Waals surface area contributed by atoms with Crippen LogP contribution >= 0.6 is 15.9 Å². The second-order valence-corrected chi connectivity index (χ2v) is 3.81. The zero-order valence-corrected chi connectivity index (χ0v) is 9.03. The van der Waals surface area contributed by atoms with Gasteiger partial charge in [-0.25, -0.2) is 4.98 Å². The van der Waals surface area contributed by atoms with Crippen LogP contribution in [0.15, 0.2) is 47.1 Å². The average Bonchev–Trinajstić information content (AvgIpc) is 2.23. The number of halogens is 1. The van der Waals surface area contributed by atoms with Crippen LogP contribution in [0.5, 0.6) is 0 Å². The van der Waals surface area contributed by atoms with Crippen molar-refractivity contribution in [2.45, 2.75) is 0 Å². The molecule has 2 N–H and O–H groups in total. The molecule has 1 heterocycles. The highest BCUT2D eigenvalue weighted by molar-refractivity contribution is 9.10. The lowest BCUT2D eigenvalue weighted by Crippen LogP contribution is -1.90. The van der Waals surface area contributed by atoms with Crippen LogP contribution in [-0.2, 0) is 0 Å². The molecule has 2 aromatic rings. The number of nitrogens with two attached hydrogens (primary N) is 1. The molecule has 0 unspecified atom stereocenters. The summed E-state index contributed by atoms with van der Waals surface area (Å²) < 4.78 is 0.956. The molecule has 0 amide bonds. The van der Waals surface area contributed by atoms with E-state index in [0.29, 0.717) is 5.82 Å². The van der Waals surface area contributed by atoms with Gasteiger partial charge in [0.1, 0.15) is 5.82 Å². The van der Waals surface area contributed by atoms with Crippen molar-refractivity contribution >= 4 is 21.7 Å². The van der Waals surface area contributed by atoms with Gasteiger partial charge in [-0.1, -0.05) is 30.3 Å². The van der Waals surface area contributed by atoms with Crippen LogP contribution in [0.1, 0.15) is 0 Å². The zero-order valence-electron chi connectivity index (χ0n) is 7.44. The molecule has 2 rings (SSSR count). The number of benzene rings is 1. The van der Waals surface area contributed by atoms with E-state index in [4.69, 9.17) is 5.73 Å². The first-order chi connectivity index (χ1) is 6.77. The summed E-state index contributed by atoms with van der Waals surface area (Å²) in [6.07, 6.45) is 1.72. The molecule has 0 aliphatic heterocycles. The van der Waals surface area contributed by atoms with Crippen molar-refractivity contribution in [3.8, 4) is 11.1 Å². The van der Waals surface area contributed by atoms with Gasteiger partial charge in [0.05, 0.1) is 0 Å². The molecule has 0 spiro atoms. The molecular formula is C11H9BrN2. The molecule has 1 aromatic carbocycles. The average molecular weight is 249 g/mol. The molecule has 0 aliphatic rings. The predicted molar refractivity (Wildman–Crippen MR) is 61.8 cm³/mol. The van der Waals surface area contributed by atoms with E-state index in [1.165, 1.54) is 0 Å². The van der Waals surface area contributed by atoms with E-state index in [-0.39, 0.29) is 0 Å². The summed E-state index contributed by atoms with van der Waals surface area (Å²) in [6, 6.07) is 11.9. The molecule has 1 aromatic heterocycles. The van der Waals surface area contributed by atoms with E-state index in [0.717, 1.165) is 15.6 Å². The third-order valence-electron chi connectivity index (χ3n) is 1.96. The van der Waals surface area contributed by atoms with Gasteiger partial charge in [-0.3, -0.25) is 0 Å². The zero-order chi connectivity index (χ0) is 9.97. The fraction of sp³-hybridized carbons (Fsp3) is 0. The van der Waals surface area contributed by atoms with Crippen LogP contribution in [0.2, 0.25) is 0 Å². The van der Waals surface area contributed by atoms with Crippen molar-refractivity contribution in [2.24, 2.45) is 0 Å². The van der Waals surface area contributed by atoms with Crippen molar-refractivity contribution in [3.05, 3.63) is 47.1 Å². The van der Waals surface area contributed by atoms with Gasteiger partial charge in [-0.15, -0.1) is 0 Å². The summed E-state index contributed by atoms with van der Waals surface area (Å²) in [4.78, 5) is 4.00. The molecule has 0 saturated carbocycles. The Balaban J connectivity index is 2.57. The van der Waals surface area contributed by atoms with E-state index in [2.05, 4.69) is 20.9 Å². The number of anilines is 1. The van der Waals surface area contributed by atoms with E-state index in [9.17, 15) is 0 Å². The van der Waals surface area contributed by atoms with Gasteiger partial charge in [0.15, 0.2) is 0 Å². The summed E-state index contributed by atoms with van der Waals surface area (Å²) in [5.74, 6) is 0.534. The minimum atomic E-state index is 0.534. The fourth-order valence-electron chi connectivity index (χ4n) is 1.29. The van der Waals surface area contributed by atoms with Crippen molar-refractivity contribution in [2.75, 3.05) is 5.73 Å². The molecule has 0 aliphatic carbocycles. The highest BCUT2D eigenvalue weighted by Gasteiger charge is 2.02. The summed E-state index contributed by atoms with van der Waals surface area (Å²) in [7, 11) is 0. The van der Waals surface area contributed by atoms with Crippen molar-refractivity contribution in [1.29, 1.82) is 0 Å². The molecule has 0 bridgehead atoms. The Labute approximate surface area is 90.9 Å². The number of nitrogen functional groups attached to an aromatic ring is 1. The topological polar surface area (TPSA) is 38.9 Å². The van der Waals surface area contributed by atoms with Gasteiger partial charge in [0.25, 0.3) is 0 Å². The first-order valence-electron chi connectivity index (χ1n) is 4.24. The molecule has 0 saturated heterocycles. The Morgan fingerprint density at radius 3 is 2.57 bits per heavy atom. The van der Waals surface area contributed by atoms with Gasteiger partial charge in [0, 0.05) is 16.2 Å². The van der Waals surface area contributed by atoms with E-state index in [1.54, 1.807) is 6.20 Å². The third-order valence-corrected chi connectivity index (χ3v) is 2.59.